The molecule has 0 saturated carbocycles. The van der Waals surface area contributed by atoms with Crippen LogP contribution in [-0.4, -0.2) is 18.3 Å². The van der Waals surface area contributed by atoms with Crippen molar-refractivity contribution < 1.29 is 4.74 Å². The minimum absolute atomic E-state index is 0.528. The Morgan fingerprint density at radius 1 is 0.839 bits per heavy atom. The van der Waals surface area contributed by atoms with Crippen molar-refractivity contribution in [3.63, 3.8) is 0 Å². The van der Waals surface area contributed by atoms with Gasteiger partial charge < -0.3 is 15.5 Å². The standard InChI is InChI=1S/C25H19Cl2N3O/c1-31-24-21(15-28)25(29-20-5-3-2-4-6-20)30-23(17-9-13-19(27)14-10-17)22(24)16-7-11-18(26)12-8-16/h2-15,28H,1H3,(H,29,30). The van der Waals surface area contributed by atoms with E-state index in [1.54, 1.807) is 7.11 Å². The fraction of sp³-hybridized carbons (Fsp3) is 0.0400. The Labute approximate surface area is 191 Å². The van der Waals surface area contributed by atoms with E-state index in [1.807, 2.05) is 78.9 Å². The molecule has 0 fully saturated rings. The van der Waals surface area contributed by atoms with E-state index in [-0.39, 0.29) is 0 Å². The van der Waals surface area contributed by atoms with E-state index in [4.69, 9.17) is 38.3 Å². The predicted molar refractivity (Wildman–Crippen MR) is 129 cm³/mol. The van der Waals surface area contributed by atoms with Crippen LogP contribution in [0.5, 0.6) is 5.75 Å². The summed E-state index contributed by atoms with van der Waals surface area (Å²) in [6.07, 6.45) is 1.25. The number of aromatic nitrogens is 1. The number of hydrogen-bond acceptors (Lipinski definition) is 4. The molecule has 0 spiro atoms. The molecular weight excluding hydrogens is 429 g/mol. The quantitative estimate of drug-likeness (QED) is 0.301. The molecule has 0 amide bonds. The topological polar surface area (TPSA) is 58.0 Å². The zero-order valence-corrected chi connectivity index (χ0v) is 18.2. The second-order valence-corrected chi connectivity index (χ2v) is 7.65. The molecule has 0 aliphatic rings. The van der Waals surface area contributed by atoms with Crippen molar-refractivity contribution in [2.45, 2.75) is 0 Å². The van der Waals surface area contributed by atoms with Gasteiger partial charge in [-0.2, -0.15) is 0 Å². The van der Waals surface area contributed by atoms with Gasteiger partial charge in [0.2, 0.25) is 0 Å². The number of halogens is 2. The summed E-state index contributed by atoms with van der Waals surface area (Å²) in [5.41, 5.74) is 4.65. The van der Waals surface area contributed by atoms with Crippen LogP contribution in [0.1, 0.15) is 5.56 Å². The molecule has 1 heterocycles. The van der Waals surface area contributed by atoms with Crippen LogP contribution < -0.4 is 10.1 Å². The van der Waals surface area contributed by atoms with E-state index in [9.17, 15) is 0 Å². The number of methoxy groups -OCH3 is 1. The number of rotatable bonds is 6. The summed E-state index contributed by atoms with van der Waals surface area (Å²) in [4.78, 5) is 4.93. The summed E-state index contributed by atoms with van der Waals surface area (Å²) in [6, 6.07) is 24.7. The molecule has 0 saturated heterocycles. The fourth-order valence-corrected chi connectivity index (χ4v) is 3.63. The number of ether oxygens (including phenoxy) is 1. The molecule has 4 aromatic rings. The van der Waals surface area contributed by atoms with Crippen molar-refractivity contribution in [3.05, 3.63) is 94.5 Å². The van der Waals surface area contributed by atoms with Crippen LogP contribution in [0.25, 0.3) is 22.4 Å². The van der Waals surface area contributed by atoms with Gasteiger partial charge in [-0.15, -0.1) is 0 Å². The molecule has 154 valence electrons. The molecule has 0 aliphatic heterocycles. The zero-order valence-electron chi connectivity index (χ0n) is 16.7. The Balaban J connectivity index is 2.01. The Kier molecular flexibility index (Phi) is 6.21. The van der Waals surface area contributed by atoms with E-state index in [0.717, 1.165) is 22.4 Å². The highest BCUT2D eigenvalue weighted by atomic mass is 35.5. The number of nitrogens with zero attached hydrogens (tertiary/aromatic N) is 1. The third-order valence-electron chi connectivity index (χ3n) is 4.82. The molecule has 0 unspecified atom stereocenters. The third-order valence-corrected chi connectivity index (χ3v) is 5.33. The lowest BCUT2D eigenvalue weighted by Crippen LogP contribution is -2.05. The van der Waals surface area contributed by atoms with Crippen LogP contribution in [0.4, 0.5) is 11.5 Å². The van der Waals surface area contributed by atoms with Crippen molar-refractivity contribution >= 4 is 40.9 Å². The summed E-state index contributed by atoms with van der Waals surface area (Å²) in [5, 5.41) is 12.7. The first-order valence-electron chi connectivity index (χ1n) is 9.57. The summed E-state index contributed by atoms with van der Waals surface area (Å²) in [7, 11) is 1.60. The molecular formula is C25H19Cl2N3O. The average molecular weight is 448 g/mol. The van der Waals surface area contributed by atoms with Gasteiger partial charge in [0.05, 0.1) is 23.9 Å². The molecule has 0 bridgehead atoms. The molecule has 2 N–H and O–H groups in total. The summed E-state index contributed by atoms with van der Waals surface area (Å²) in [6.45, 7) is 0. The number of nitrogens with one attached hydrogen (secondary N) is 2. The minimum Gasteiger partial charge on any atom is -0.495 e. The number of benzene rings is 3. The second-order valence-electron chi connectivity index (χ2n) is 6.78. The lowest BCUT2D eigenvalue weighted by Gasteiger charge is -2.20. The minimum atomic E-state index is 0.528. The van der Waals surface area contributed by atoms with E-state index in [1.165, 1.54) is 6.21 Å². The number of anilines is 2. The largest absolute Gasteiger partial charge is 0.495 e. The predicted octanol–water partition coefficient (Wildman–Crippen LogP) is 7.47. The maximum atomic E-state index is 8.07. The molecule has 0 aliphatic carbocycles. The van der Waals surface area contributed by atoms with E-state index >= 15 is 0 Å². The first kappa shape index (κ1) is 20.9. The molecule has 3 aromatic carbocycles. The lowest BCUT2D eigenvalue weighted by molar-refractivity contribution is 0.416. The van der Waals surface area contributed by atoms with Crippen LogP contribution in [0.2, 0.25) is 10.0 Å². The number of pyridine rings is 1. The molecule has 4 rings (SSSR count). The van der Waals surface area contributed by atoms with Crippen LogP contribution in [-0.2, 0) is 0 Å². The zero-order chi connectivity index (χ0) is 21.8. The van der Waals surface area contributed by atoms with Crippen LogP contribution in [0.3, 0.4) is 0 Å². The highest BCUT2D eigenvalue weighted by Gasteiger charge is 2.22. The Morgan fingerprint density at radius 2 is 1.42 bits per heavy atom. The van der Waals surface area contributed by atoms with Crippen molar-refractivity contribution in [1.82, 2.24) is 4.98 Å². The molecule has 31 heavy (non-hydrogen) atoms. The van der Waals surface area contributed by atoms with Crippen molar-refractivity contribution in [2.24, 2.45) is 0 Å². The van der Waals surface area contributed by atoms with E-state index in [2.05, 4.69) is 5.32 Å². The summed E-state index contributed by atoms with van der Waals surface area (Å²) >= 11 is 12.2. The average Bonchev–Trinajstić information content (AvgIpc) is 2.80. The molecule has 0 atom stereocenters. The van der Waals surface area contributed by atoms with Gasteiger partial charge in [-0.05, 0) is 42.0 Å². The Bertz CT molecular complexity index is 1210. The Morgan fingerprint density at radius 3 is 1.97 bits per heavy atom. The smallest absolute Gasteiger partial charge is 0.143 e. The van der Waals surface area contributed by atoms with E-state index in [0.29, 0.717) is 32.9 Å². The molecule has 1 aromatic heterocycles. The third kappa shape index (κ3) is 4.41. The monoisotopic (exact) mass is 447 g/mol. The van der Waals surface area contributed by atoms with Gasteiger partial charge >= 0.3 is 0 Å². The van der Waals surface area contributed by atoms with Crippen LogP contribution >= 0.6 is 23.2 Å². The Hall–Kier alpha value is -3.34. The lowest BCUT2D eigenvalue weighted by atomic mass is 9.96. The summed E-state index contributed by atoms with van der Waals surface area (Å²) < 4.78 is 5.83. The molecule has 4 nitrogen and oxygen atoms in total. The second kappa shape index (κ2) is 9.21. The number of hydrogen-bond donors (Lipinski definition) is 2. The van der Waals surface area contributed by atoms with Gasteiger partial charge in [0.15, 0.2) is 0 Å². The first-order chi connectivity index (χ1) is 15.1. The van der Waals surface area contributed by atoms with Gasteiger partial charge in [-0.3, -0.25) is 0 Å². The van der Waals surface area contributed by atoms with Crippen molar-refractivity contribution in [3.8, 4) is 28.1 Å². The molecule has 6 heteroatoms. The maximum absolute atomic E-state index is 8.07. The van der Waals surface area contributed by atoms with Gasteiger partial charge in [0.1, 0.15) is 11.6 Å². The van der Waals surface area contributed by atoms with Gasteiger partial charge in [0, 0.05) is 27.5 Å². The highest BCUT2D eigenvalue weighted by molar-refractivity contribution is 6.31. The van der Waals surface area contributed by atoms with Crippen molar-refractivity contribution in [2.75, 3.05) is 12.4 Å². The van der Waals surface area contributed by atoms with Crippen LogP contribution in [0, 0.1) is 5.41 Å². The normalized spacial score (nSPS) is 10.5. The van der Waals surface area contributed by atoms with Crippen molar-refractivity contribution in [1.29, 1.82) is 5.41 Å². The highest BCUT2D eigenvalue weighted by Crippen LogP contribution is 2.43. The van der Waals surface area contributed by atoms with Crippen LogP contribution in [0.15, 0.2) is 78.9 Å². The van der Waals surface area contributed by atoms with Gasteiger partial charge in [0.25, 0.3) is 0 Å². The van der Waals surface area contributed by atoms with Gasteiger partial charge in [-0.1, -0.05) is 65.7 Å². The van der Waals surface area contributed by atoms with Gasteiger partial charge in [-0.25, -0.2) is 4.98 Å². The van der Waals surface area contributed by atoms with E-state index < -0.39 is 0 Å². The maximum Gasteiger partial charge on any atom is 0.143 e. The summed E-state index contributed by atoms with van der Waals surface area (Å²) in [5.74, 6) is 1.08. The SMILES string of the molecule is COc1c(C=N)c(Nc2ccccc2)nc(-c2ccc(Cl)cc2)c1-c1ccc(Cl)cc1. The first-order valence-corrected chi connectivity index (χ1v) is 10.3. The molecule has 0 radical (unpaired) electrons. The fourth-order valence-electron chi connectivity index (χ4n) is 3.38. The number of para-hydroxylation sites is 1.